The van der Waals surface area contributed by atoms with E-state index in [-0.39, 0.29) is 5.91 Å². The quantitative estimate of drug-likeness (QED) is 0.633. The highest BCUT2D eigenvalue weighted by Crippen LogP contribution is 2.23. The van der Waals surface area contributed by atoms with Crippen LogP contribution in [0.3, 0.4) is 0 Å². The summed E-state index contributed by atoms with van der Waals surface area (Å²) >= 11 is 3.47. The van der Waals surface area contributed by atoms with Gasteiger partial charge in [0.15, 0.2) is 0 Å². The maximum absolute atomic E-state index is 12.4. The highest BCUT2D eigenvalue weighted by atomic mass is 32.2. The number of piperazine rings is 1. The van der Waals surface area contributed by atoms with Gasteiger partial charge >= 0.3 is 0 Å². The Morgan fingerprint density at radius 2 is 1.74 bits per heavy atom. The molecule has 27 heavy (non-hydrogen) atoms. The standard InChI is InChI=1S/C21H23N3OS2/c25-21(16-26-15-17-6-2-1-3-7-17)24-12-10-23(11-13-24)14-20-22-18-8-4-5-9-19(18)27-20/h1-9H,10-16H2. The molecule has 2 heterocycles. The first-order chi connectivity index (χ1) is 13.3. The molecule has 1 fully saturated rings. The Balaban J connectivity index is 1.21. The van der Waals surface area contributed by atoms with Crippen molar-refractivity contribution < 1.29 is 4.79 Å². The van der Waals surface area contributed by atoms with Crippen LogP contribution in [0.2, 0.25) is 0 Å². The number of carbonyl (C=O) groups excluding carboxylic acids is 1. The number of hydrogen-bond donors (Lipinski definition) is 0. The van der Waals surface area contributed by atoms with E-state index in [1.54, 1.807) is 23.1 Å². The van der Waals surface area contributed by atoms with Crippen molar-refractivity contribution in [3.05, 3.63) is 65.2 Å². The lowest BCUT2D eigenvalue weighted by atomic mass is 10.2. The third kappa shape index (κ3) is 4.89. The fourth-order valence-electron chi connectivity index (χ4n) is 3.26. The van der Waals surface area contributed by atoms with Gasteiger partial charge < -0.3 is 4.90 Å². The number of para-hydroxylation sites is 1. The molecule has 0 saturated carbocycles. The number of benzene rings is 2. The van der Waals surface area contributed by atoms with Gasteiger partial charge in [-0.2, -0.15) is 0 Å². The minimum Gasteiger partial charge on any atom is -0.339 e. The van der Waals surface area contributed by atoms with E-state index >= 15 is 0 Å². The molecule has 2 aromatic carbocycles. The van der Waals surface area contributed by atoms with Crippen LogP contribution in [0.15, 0.2) is 54.6 Å². The number of fused-ring (bicyclic) bond motifs is 1. The minimum atomic E-state index is 0.260. The lowest BCUT2D eigenvalue weighted by Gasteiger charge is -2.34. The molecule has 1 aliphatic heterocycles. The highest BCUT2D eigenvalue weighted by Gasteiger charge is 2.21. The van der Waals surface area contributed by atoms with Gasteiger partial charge in [-0.3, -0.25) is 9.69 Å². The van der Waals surface area contributed by atoms with Crippen LogP contribution in [0.25, 0.3) is 10.2 Å². The molecule has 1 aromatic heterocycles. The van der Waals surface area contributed by atoms with Gasteiger partial charge in [0.25, 0.3) is 0 Å². The highest BCUT2D eigenvalue weighted by molar-refractivity contribution is 7.99. The van der Waals surface area contributed by atoms with Gasteiger partial charge in [0.1, 0.15) is 5.01 Å². The number of thioether (sulfide) groups is 1. The SMILES string of the molecule is O=C(CSCc1ccccc1)N1CCN(Cc2nc3ccccc3s2)CC1. The van der Waals surface area contributed by atoms with Crippen molar-refractivity contribution in [2.75, 3.05) is 31.9 Å². The van der Waals surface area contributed by atoms with E-state index in [1.165, 1.54) is 10.3 Å². The summed E-state index contributed by atoms with van der Waals surface area (Å²) in [4.78, 5) is 21.6. The van der Waals surface area contributed by atoms with Crippen LogP contribution in [0.4, 0.5) is 0 Å². The summed E-state index contributed by atoms with van der Waals surface area (Å²) in [6.07, 6.45) is 0. The number of thiazole rings is 1. The van der Waals surface area contributed by atoms with Crippen molar-refractivity contribution in [1.82, 2.24) is 14.8 Å². The molecular formula is C21H23N3OS2. The summed E-state index contributed by atoms with van der Waals surface area (Å²) in [5.74, 6) is 1.72. The molecule has 1 saturated heterocycles. The molecule has 4 nitrogen and oxygen atoms in total. The molecule has 4 rings (SSSR count). The van der Waals surface area contributed by atoms with Crippen LogP contribution < -0.4 is 0 Å². The Kier molecular flexibility index (Phi) is 6.07. The third-order valence-corrected chi connectivity index (χ3v) is 6.77. The van der Waals surface area contributed by atoms with Crippen LogP contribution in [0.1, 0.15) is 10.6 Å². The molecule has 0 spiro atoms. The zero-order chi connectivity index (χ0) is 18.5. The molecule has 3 aromatic rings. The Hall–Kier alpha value is -1.89. The van der Waals surface area contributed by atoms with Crippen molar-refractivity contribution >= 4 is 39.2 Å². The lowest BCUT2D eigenvalue weighted by Crippen LogP contribution is -2.48. The Labute approximate surface area is 168 Å². The van der Waals surface area contributed by atoms with E-state index in [1.807, 2.05) is 29.2 Å². The molecule has 0 aliphatic carbocycles. The van der Waals surface area contributed by atoms with Crippen LogP contribution >= 0.6 is 23.1 Å². The number of rotatable bonds is 6. The maximum Gasteiger partial charge on any atom is 0.232 e. The number of carbonyl (C=O) groups is 1. The first-order valence-corrected chi connectivity index (χ1v) is 11.2. The maximum atomic E-state index is 12.4. The summed E-state index contributed by atoms with van der Waals surface area (Å²) in [5.41, 5.74) is 2.36. The van der Waals surface area contributed by atoms with Gasteiger partial charge in [0.05, 0.1) is 22.5 Å². The second-order valence-electron chi connectivity index (χ2n) is 6.71. The molecule has 0 N–H and O–H groups in total. The van der Waals surface area contributed by atoms with Crippen LogP contribution in [-0.2, 0) is 17.1 Å². The number of nitrogens with zero attached hydrogens (tertiary/aromatic N) is 3. The number of amides is 1. The normalized spacial score (nSPS) is 15.3. The summed E-state index contributed by atoms with van der Waals surface area (Å²) in [5, 5.41) is 1.16. The largest absolute Gasteiger partial charge is 0.339 e. The van der Waals surface area contributed by atoms with Crippen LogP contribution in [0, 0.1) is 0 Å². The Bertz CT molecular complexity index is 856. The Morgan fingerprint density at radius 1 is 1.00 bits per heavy atom. The second-order valence-corrected chi connectivity index (χ2v) is 8.81. The van der Waals surface area contributed by atoms with Gasteiger partial charge in [0.2, 0.25) is 5.91 Å². The van der Waals surface area contributed by atoms with Gasteiger partial charge in [0, 0.05) is 31.9 Å². The predicted molar refractivity (Wildman–Crippen MR) is 114 cm³/mol. The smallest absolute Gasteiger partial charge is 0.232 e. The molecule has 1 amide bonds. The average molecular weight is 398 g/mol. The minimum absolute atomic E-state index is 0.260. The van der Waals surface area contributed by atoms with Crippen LogP contribution in [-0.4, -0.2) is 52.6 Å². The summed E-state index contributed by atoms with van der Waals surface area (Å²) < 4.78 is 1.25. The predicted octanol–water partition coefficient (Wildman–Crippen LogP) is 3.87. The van der Waals surface area contributed by atoms with Crippen molar-refractivity contribution in [2.24, 2.45) is 0 Å². The molecule has 140 valence electrons. The molecule has 0 unspecified atom stereocenters. The van der Waals surface area contributed by atoms with E-state index < -0.39 is 0 Å². The van der Waals surface area contributed by atoms with E-state index in [9.17, 15) is 4.79 Å². The summed E-state index contributed by atoms with van der Waals surface area (Å²) in [6.45, 7) is 4.35. The molecule has 0 atom stereocenters. The van der Waals surface area contributed by atoms with Gasteiger partial charge in [-0.25, -0.2) is 4.98 Å². The van der Waals surface area contributed by atoms with Gasteiger partial charge in [-0.1, -0.05) is 42.5 Å². The molecule has 1 aliphatic rings. The van der Waals surface area contributed by atoms with E-state index in [0.717, 1.165) is 49.0 Å². The third-order valence-electron chi connectivity index (χ3n) is 4.76. The molecule has 0 bridgehead atoms. The van der Waals surface area contributed by atoms with Gasteiger partial charge in [-0.05, 0) is 17.7 Å². The van der Waals surface area contributed by atoms with E-state index in [2.05, 4.69) is 35.2 Å². The molecule has 6 heteroatoms. The second kappa shape index (κ2) is 8.87. The monoisotopic (exact) mass is 397 g/mol. The fraction of sp³-hybridized carbons (Fsp3) is 0.333. The fourth-order valence-corrected chi connectivity index (χ4v) is 5.15. The van der Waals surface area contributed by atoms with Crippen LogP contribution in [0.5, 0.6) is 0 Å². The van der Waals surface area contributed by atoms with Crippen molar-refractivity contribution in [3.8, 4) is 0 Å². The first kappa shape index (κ1) is 18.5. The van der Waals surface area contributed by atoms with Crippen molar-refractivity contribution in [3.63, 3.8) is 0 Å². The van der Waals surface area contributed by atoms with E-state index in [0.29, 0.717) is 5.75 Å². The average Bonchev–Trinajstić information content (AvgIpc) is 3.11. The number of hydrogen-bond acceptors (Lipinski definition) is 5. The molecule has 0 radical (unpaired) electrons. The van der Waals surface area contributed by atoms with E-state index in [4.69, 9.17) is 4.98 Å². The lowest BCUT2D eigenvalue weighted by molar-refractivity contribution is -0.130. The van der Waals surface area contributed by atoms with Crippen molar-refractivity contribution in [1.29, 1.82) is 0 Å². The number of aromatic nitrogens is 1. The summed E-state index contributed by atoms with van der Waals surface area (Å²) in [7, 11) is 0. The summed E-state index contributed by atoms with van der Waals surface area (Å²) in [6, 6.07) is 18.6. The zero-order valence-corrected chi connectivity index (χ0v) is 16.8. The molecular weight excluding hydrogens is 374 g/mol. The van der Waals surface area contributed by atoms with Gasteiger partial charge in [-0.15, -0.1) is 23.1 Å². The Morgan fingerprint density at radius 3 is 2.52 bits per heavy atom. The van der Waals surface area contributed by atoms with Crippen molar-refractivity contribution in [2.45, 2.75) is 12.3 Å². The first-order valence-electron chi connectivity index (χ1n) is 9.24. The zero-order valence-electron chi connectivity index (χ0n) is 15.2. The topological polar surface area (TPSA) is 36.4 Å².